The number of aliphatic imine (C=N–C) groups is 1. The first kappa shape index (κ1) is 22.8. The molecule has 0 saturated carbocycles. The van der Waals surface area contributed by atoms with Crippen LogP contribution in [0.15, 0.2) is 46.0 Å². The normalized spacial score (nSPS) is 23.8. The smallest absolute Gasteiger partial charge is 0.338 e. The summed E-state index contributed by atoms with van der Waals surface area (Å²) in [6.07, 6.45) is -0.849. The molecule has 0 unspecified atom stereocenters. The molecule has 170 valence electrons. The summed E-state index contributed by atoms with van der Waals surface area (Å²) in [4.78, 5) is 23.7. The molecule has 0 bridgehead atoms. The predicted molar refractivity (Wildman–Crippen MR) is 117 cm³/mol. The summed E-state index contributed by atoms with van der Waals surface area (Å²) in [6, 6.07) is 3.00. The molecule has 7 nitrogen and oxygen atoms in total. The van der Waals surface area contributed by atoms with Crippen molar-refractivity contribution >= 4 is 34.7 Å². The zero-order valence-corrected chi connectivity index (χ0v) is 18.7. The molecular weight excluding hydrogens is 462 g/mol. The van der Waals surface area contributed by atoms with Crippen LogP contribution in [0.3, 0.4) is 0 Å². The lowest BCUT2D eigenvalue weighted by Crippen LogP contribution is -2.39. The van der Waals surface area contributed by atoms with Crippen LogP contribution in [0, 0.1) is 5.82 Å². The number of β-amino-alcohol motifs (C(OH)–C–C–N with tert-alkyl or cyclic N) is 1. The van der Waals surface area contributed by atoms with Crippen molar-refractivity contribution < 1.29 is 23.4 Å². The molecule has 3 heterocycles. The number of carbonyl (C=O) groups excluding carboxylic acids is 1. The number of nitrogens with zero attached hydrogens (tertiary/aromatic N) is 3. The number of rotatable bonds is 6. The quantitative estimate of drug-likeness (QED) is 0.616. The van der Waals surface area contributed by atoms with E-state index in [2.05, 4.69) is 15.3 Å². The Kier molecular flexibility index (Phi) is 6.85. The molecule has 2 N–H and O–H groups in total. The highest BCUT2D eigenvalue weighted by molar-refractivity contribution is 7.11. The third-order valence-electron chi connectivity index (χ3n) is 5.19. The second-order valence-corrected chi connectivity index (χ2v) is 8.70. The molecule has 4 rings (SSSR count). The van der Waals surface area contributed by atoms with Crippen LogP contribution in [-0.2, 0) is 9.53 Å². The van der Waals surface area contributed by atoms with Crippen LogP contribution in [0.1, 0.15) is 23.5 Å². The van der Waals surface area contributed by atoms with Gasteiger partial charge in [-0.1, -0.05) is 17.7 Å². The van der Waals surface area contributed by atoms with Gasteiger partial charge in [-0.05, 0) is 19.1 Å². The first-order valence-electron chi connectivity index (χ1n) is 10.0. The summed E-state index contributed by atoms with van der Waals surface area (Å²) in [5.41, 5.74) is 1.06. The molecular formula is C21H21ClF2N4O3S. The number of carbonyl (C=O) groups is 1. The number of aliphatic hydroxyl groups excluding tert-OH is 1. The SMILES string of the molecule is CCOC(=O)C1=C(CN2C[C@@H](O)[C@H](F)C2)NC(c2nccs2)=N[C@H]1c1ccc(F)cc1Cl. The van der Waals surface area contributed by atoms with Gasteiger partial charge in [0.25, 0.3) is 0 Å². The van der Waals surface area contributed by atoms with Gasteiger partial charge in [-0.25, -0.2) is 18.6 Å². The van der Waals surface area contributed by atoms with Crippen LogP contribution < -0.4 is 5.32 Å². The fraction of sp³-hybridized carbons (Fsp3) is 0.381. The number of halogens is 3. The second kappa shape index (κ2) is 9.62. The van der Waals surface area contributed by atoms with E-state index in [1.807, 2.05) is 0 Å². The Morgan fingerprint density at radius 2 is 2.25 bits per heavy atom. The topological polar surface area (TPSA) is 87.0 Å². The number of thiazole rings is 1. The standard InChI is InChI=1S/C21H21ClF2N4O3S/c1-2-31-21(30)17-15(9-28-8-14(24)16(29)10-28)26-19(20-25-5-6-32-20)27-18(17)12-4-3-11(23)7-13(12)22/h3-7,14,16,18,29H,2,8-10H2,1H3,(H,26,27)/t14-,16-,18+/m1/s1. The largest absolute Gasteiger partial charge is 0.463 e. The van der Waals surface area contributed by atoms with Crippen LogP contribution in [0.2, 0.25) is 5.02 Å². The third-order valence-corrected chi connectivity index (χ3v) is 6.30. The minimum atomic E-state index is -1.38. The van der Waals surface area contributed by atoms with Gasteiger partial charge in [-0.15, -0.1) is 11.3 Å². The van der Waals surface area contributed by atoms with E-state index >= 15 is 0 Å². The summed E-state index contributed by atoms with van der Waals surface area (Å²) in [5, 5.41) is 15.4. The number of aliphatic hydroxyl groups is 1. The van der Waals surface area contributed by atoms with Crippen molar-refractivity contribution in [2.45, 2.75) is 25.2 Å². The maximum atomic E-state index is 13.9. The van der Waals surface area contributed by atoms with Crippen molar-refractivity contribution in [2.24, 2.45) is 4.99 Å². The zero-order valence-electron chi connectivity index (χ0n) is 17.1. The number of amidine groups is 1. The molecule has 32 heavy (non-hydrogen) atoms. The number of likely N-dealkylation sites (tertiary alicyclic amines) is 1. The van der Waals surface area contributed by atoms with Crippen LogP contribution >= 0.6 is 22.9 Å². The lowest BCUT2D eigenvalue weighted by atomic mass is 9.95. The van der Waals surface area contributed by atoms with Gasteiger partial charge in [0.15, 0.2) is 10.8 Å². The van der Waals surface area contributed by atoms with Crippen molar-refractivity contribution in [2.75, 3.05) is 26.2 Å². The number of benzene rings is 1. The highest BCUT2D eigenvalue weighted by atomic mass is 35.5. The molecule has 11 heteroatoms. The minimum absolute atomic E-state index is 0.0220. The summed E-state index contributed by atoms with van der Waals surface area (Å²) in [6.45, 7) is 2.11. The highest BCUT2D eigenvalue weighted by Gasteiger charge is 2.37. The number of aromatic nitrogens is 1. The van der Waals surface area contributed by atoms with Crippen LogP contribution in [0.4, 0.5) is 8.78 Å². The van der Waals surface area contributed by atoms with Crippen molar-refractivity contribution in [3.8, 4) is 0 Å². The zero-order chi connectivity index (χ0) is 22.8. The summed E-state index contributed by atoms with van der Waals surface area (Å²) < 4.78 is 32.9. The third kappa shape index (κ3) is 4.68. The van der Waals surface area contributed by atoms with E-state index in [0.29, 0.717) is 22.1 Å². The Balaban J connectivity index is 1.81. The first-order valence-corrected chi connectivity index (χ1v) is 11.3. The molecule has 3 atom stereocenters. The Hall–Kier alpha value is -2.40. The number of esters is 1. The van der Waals surface area contributed by atoms with Gasteiger partial charge in [-0.3, -0.25) is 9.89 Å². The van der Waals surface area contributed by atoms with Gasteiger partial charge >= 0.3 is 5.97 Å². The molecule has 0 radical (unpaired) electrons. The van der Waals surface area contributed by atoms with Gasteiger partial charge in [-0.2, -0.15) is 0 Å². The van der Waals surface area contributed by atoms with E-state index in [1.165, 1.54) is 23.5 Å². The van der Waals surface area contributed by atoms with E-state index < -0.39 is 30.1 Å². The molecule has 0 spiro atoms. The maximum Gasteiger partial charge on any atom is 0.338 e. The van der Waals surface area contributed by atoms with Crippen LogP contribution in [0.25, 0.3) is 0 Å². The van der Waals surface area contributed by atoms with E-state index in [-0.39, 0.29) is 36.8 Å². The maximum absolute atomic E-state index is 13.9. The van der Waals surface area contributed by atoms with E-state index in [0.717, 1.165) is 6.07 Å². The van der Waals surface area contributed by atoms with E-state index in [9.17, 15) is 18.7 Å². The monoisotopic (exact) mass is 482 g/mol. The van der Waals surface area contributed by atoms with E-state index in [4.69, 9.17) is 16.3 Å². The highest BCUT2D eigenvalue weighted by Crippen LogP contribution is 2.37. The Bertz CT molecular complexity index is 1050. The predicted octanol–water partition coefficient (Wildman–Crippen LogP) is 2.86. The number of hydrogen-bond acceptors (Lipinski definition) is 8. The van der Waals surface area contributed by atoms with Gasteiger partial charge in [0.2, 0.25) is 0 Å². The summed E-state index contributed by atoms with van der Waals surface area (Å²) in [5.74, 6) is -0.720. The molecule has 2 aliphatic heterocycles. The lowest BCUT2D eigenvalue weighted by molar-refractivity contribution is -0.139. The van der Waals surface area contributed by atoms with Crippen molar-refractivity contribution in [3.63, 3.8) is 0 Å². The molecule has 2 aliphatic rings. The van der Waals surface area contributed by atoms with Gasteiger partial charge in [0, 0.05) is 47.5 Å². The van der Waals surface area contributed by atoms with E-state index in [1.54, 1.807) is 23.4 Å². The molecule has 1 fully saturated rings. The summed E-state index contributed by atoms with van der Waals surface area (Å²) in [7, 11) is 0. The van der Waals surface area contributed by atoms with Crippen molar-refractivity contribution in [1.82, 2.24) is 15.2 Å². The van der Waals surface area contributed by atoms with Gasteiger partial charge in [0.05, 0.1) is 18.3 Å². The molecule has 0 amide bonds. The molecule has 0 aliphatic carbocycles. The Morgan fingerprint density at radius 3 is 2.88 bits per heavy atom. The average molecular weight is 483 g/mol. The molecule has 1 aromatic carbocycles. The number of alkyl halides is 1. The Morgan fingerprint density at radius 1 is 1.44 bits per heavy atom. The van der Waals surface area contributed by atoms with Gasteiger partial charge < -0.3 is 15.2 Å². The second-order valence-electron chi connectivity index (χ2n) is 7.40. The lowest BCUT2D eigenvalue weighted by Gasteiger charge is -2.29. The number of nitrogens with one attached hydrogen (secondary N) is 1. The molecule has 2 aromatic rings. The van der Waals surface area contributed by atoms with Crippen molar-refractivity contribution in [1.29, 1.82) is 0 Å². The van der Waals surface area contributed by atoms with Gasteiger partial charge in [0.1, 0.15) is 18.0 Å². The summed E-state index contributed by atoms with van der Waals surface area (Å²) >= 11 is 7.68. The van der Waals surface area contributed by atoms with Crippen LogP contribution in [0.5, 0.6) is 0 Å². The fourth-order valence-electron chi connectivity index (χ4n) is 3.74. The van der Waals surface area contributed by atoms with Crippen molar-refractivity contribution in [3.05, 3.63) is 62.5 Å². The molecule has 1 saturated heterocycles. The number of hydrogen-bond donors (Lipinski definition) is 2. The number of ether oxygens (including phenoxy) is 1. The average Bonchev–Trinajstić information content (AvgIpc) is 3.38. The Labute approximate surface area is 192 Å². The minimum Gasteiger partial charge on any atom is -0.463 e. The first-order chi connectivity index (χ1) is 15.4. The fourth-order valence-corrected chi connectivity index (χ4v) is 4.60. The molecule has 1 aromatic heterocycles. The van der Waals surface area contributed by atoms with Crippen LogP contribution in [-0.4, -0.2) is 65.3 Å².